The van der Waals surface area contributed by atoms with E-state index in [-0.39, 0.29) is 0 Å². The van der Waals surface area contributed by atoms with E-state index < -0.39 is 0 Å². The van der Waals surface area contributed by atoms with Gasteiger partial charge in [0.2, 0.25) is 0 Å². The first-order valence-electron chi connectivity index (χ1n) is 5.85. The third-order valence-electron chi connectivity index (χ3n) is 2.83. The molecule has 1 heterocycles. The SMILES string of the molecule is CCc1c(N)ncnc1Nc1cc(Cl)c(C)cc1Br. The maximum absolute atomic E-state index is 6.14. The molecule has 100 valence electrons. The Kier molecular flexibility index (Phi) is 4.27. The van der Waals surface area contributed by atoms with Crippen LogP contribution >= 0.6 is 27.5 Å². The molecule has 0 spiro atoms. The zero-order valence-electron chi connectivity index (χ0n) is 10.7. The first-order chi connectivity index (χ1) is 9.02. The van der Waals surface area contributed by atoms with Gasteiger partial charge in [0.15, 0.2) is 0 Å². The fourth-order valence-corrected chi connectivity index (χ4v) is 2.47. The molecule has 2 rings (SSSR count). The van der Waals surface area contributed by atoms with Crippen molar-refractivity contribution in [3.63, 3.8) is 0 Å². The first kappa shape index (κ1) is 14.1. The molecule has 2 aromatic rings. The van der Waals surface area contributed by atoms with Crippen LogP contribution in [0.3, 0.4) is 0 Å². The predicted molar refractivity (Wildman–Crippen MR) is 83.0 cm³/mol. The molecule has 0 unspecified atom stereocenters. The van der Waals surface area contributed by atoms with Crippen molar-refractivity contribution in [2.24, 2.45) is 0 Å². The second kappa shape index (κ2) is 5.75. The van der Waals surface area contributed by atoms with E-state index >= 15 is 0 Å². The van der Waals surface area contributed by atoms with E-state index in [0.29, 0.717) is 16.7 Å². The Morgan fingerprint density at radius 3 is 2.79 bits per heavy atom. The average molecular weight is 342 g/mol. The van der Waals surface area contributed by atoms with Crippen molar-refractivity contribution in [2.45, 2.75) is 20.3 Å². The molecule has 0 aliphatic rings. The molecule has 19 heavy (non-hydrogen) atoms. The number of hydrogen-bond acceptors (Lipinski definition) is 4. The lowest BCUT2D eigenvalue weighted by Gasteiger charge is -2.13. The third kappa shape index (κ3) is 2.98. The minimum Gasteiger partial charge on any atom is -0.383 e. The summed E-state index contributed by atoms with van der Waals surface area (Å²) in [5, 5.41) is 3.94. The maximum atomic E-state index is 6.14. The Morgan fingerprint density at radius 2 is 2.11 bits per heavy atom. The predicted octanol–water partition coefficient (Wildman–Crippen LogP) is 4.09. The van der Waals surface area contributed by atoms with Gasteiger partial charge in [-0.05, 0) is 47.0 Å². The number of anilines is 3. The summed E-state index contributed by atoms with van der Waals surface area (Å²) in [5.74, 6) is 1.20. The number of nitrogen functional groups attached to an aromatic ring is 1. The topological polar surface area (TPSA) is 63.8 Å². The highest BCUT2D eigenvalue weighted by Crippen LogP contribution is 2.32. The number of nitrogens with one attached hydrogen (secondary N) is 1. The van der Waals surface area contributed by atoms with Gasteiger partial charge in [-0.3, -0.25) is 0 Å². The average Bonchev–Trinajstić information content (AvgIpc) is 2.36. The Balaban J connectivity index is 2.42. The van der Waals surface area contributed by atoms with E-state index in [2.05, 4.69) is 31.2 Å². The quantitative estimate of drug-likeness (QED) is 0.882. The van der Waals surface area contributed by atoms with Crippen LogP contribution in [0, 0.1) is 6.92 Å². The van der Waals surface area contributed by atoms with Crippen LogP contribution in [0.4, 0.5) is 17.3 Å². The van der Waals surface area contributed by atoms with Gasteiger partial charge in [-0.25, -0.2) is 9.97 Å². The largest absolute Gasteiger partial charge is 0.383 e. The van der Waals surface area contributed by atoms with Crippen molar-refractivity contribution >= 4 is 44.9 Å². The van der Waals surface area contributed by atoms with Gasteiger partial charge >= 0.3 is 0 Å². The summed E-state index contributed by atoms with van der Waals surface area (Å²) in [7, 11) is 0. The molecule has 1 aromatic heterocycles. The van der Waals surface area contributed by atoms with E-state index in [4.69, 9.17) is 17.3 Å². The Labute approximate surface area is 125 Å². The molecule has 0 bridgehead atoms. The fourth-order valence-electron chi connectivity index (χ4n) is 1.75. The van der Waals surface area contributed by atoms with E-state index in [1.807, 2.05) is 26.0 Å². The Hall–Kier alpha value is -1.33. The zero-order chi connectivity index (χ0) is 14.0. The maximum Gasteiger partial charge on any atom is 0.139 e. The van der Waals surface area contributed by atoms with Crippen molar-refractivity contribution in [2.75, 3.05) is 11.1 Å². The summed E-state index contributed by atoms with van der Waals surface area (Å²) in [6, 6.07) is 3.82. The summed E-state index contributed by atoms with van der Waals surface area (Å²) in [5.41, 5.74) is 8.60. The number of hydrogen-bond donors (Lipinski definition) is 2. The summed E-state index contributed by atoms with van der Waals surface area (Å²) in [4.78, 5) is 8.23. The number of nitrogens with zero attached hydrogens (tertiary/aromatic N) is 2. The van der Waals surface area contributed by atoms with Crippen LogP contribution in [0.15, 0.2) is 22.9 Å². The molecule has 0 atom stereocenters. The summed E-state index contributed by atoms with van der Waals surface area (Å²) >= 11 is 9.65. The Bertz CT molecular complexity index is 616. The molecular weight excluding hydrogens is 328 g/mol. The van der Waals surface area contributed by atoms with Gasteiger partial charge in [-0.2, -0.15) is 0 Å². The molecule has 4 nitrogen and oxygen atoms in total. The van der Waals surface area contributed by atoms with Crippen LogP contribution in [0.1, 0.15) is 18.1 Å². The van der Waals surface area contributed by atoms with Crippen LogP contribution < -0.4 is 11.1 Å². The number of nitrogens with two attached hydrogens (primary N) is 1. The molecule has 3 N–H and O–H groups in total. The van der Waals surface area contributed by atoms with E-state index in [1.54, 1.807) is 0 Å². The van der Waals surface area contributed by atoms with Crippen LogP contribution in [0.5, 0.6) is 0 Å². The highest BCUT2D eigenvalue weighted by molar-refractivity contribution is 9.10. The van der Waals surface area contributed by atoms with Crippen molar-refractivity contribution < 1.29 is 0 Å². The number of halogens is 2. The van der Waals surface area contributed by atoms with Crippen molar-refractivity contribution in [1.82, 2.24) is 9.97 Å². The smallest absolute Gasteiger partial charge is 0.139 e. The van der Waals surface area contributed by atoms with Gasteiger partial charge in [-0.1, -0.05) is 18.5 Å². The van der Waals surface area contributed by atoms with Gasteiger partial charge in [0.25, 0.3) is 0 Å². The van der Waals surface area contributed by atoms with Gasteiger partial charge in [0.1, 0.15) is 18.0 Å². The van der Waals surface area contributed by atoms with Crippen LogP contribution in [0.25, 0.3) is 0 Å². The van der Waals surface area contributed by atoms with Gasteiger partial charge in [-0.15, -0.1) is 0 Å². The van der Waals surface area contributed by atoms with Crippen molar-refractivity contribution in [1.29, 1.82) is 0 Å². The molecule has 1 aromatic carbocycles. The van der Waals surface area contributed by atoms with E-state index in [9.17, 15) is 0 Å². The number of aromatic nitrogens is 2. The number of benzene rings is 1. The molecule has 0 aliphatic carbocycles. The summed E-state index contributed by atoms with van der Waals surface area (Å²) < 4.78 is 0.925. The second-order valence-corrected chi connectivity index (χ2v) is 5.41. The van der Waals surface area contributed by atoms with Crippen molar-refractivity contribution in [3.8, 4) is 0 Å². The number of rotatable bonds is 3. The highest BCUT2D eigenvalue weighted by atomic mass is 79.9. The van der Waals surface area contributed by atoms with Gasteiger partial charge < -0.3 is 11.1 Å². The number of aryl methyl sites for hydroxylation is 1. The van der Waals surface area contributed by atoms with E-state index in [0.717, 1.165) is 27.7 Å². The normalized spacial score (nSPS) is 10.5. The molecule has 0 amide bonds. The van der Waals surface area contributed by atoms with Gasteiger partial charge in [0.05, 0.1) is 5.69 Å². The molecule has 0 saturated carbocycles. The zero-order valence-corrected chi connectivity index (χ0v) is 13.0. The molecule has 0 aliphatic heterocycles. The lowest BCUT2D eigenvalue weighted by molar-refractivity contribution is 1.06. The Morgan fingerprint density at radius 1 is 1.37 bits per heavy atom. The van der Waals surface area contributed by atoms with Gasteiger partial charge in [0, 0.05) is 15.1 Å². The lowest BCUT2D eigenvalue weighted by Crippen LogP contribution is -2.04. The highest BCUT2D eigenvalue weighted by Gasteiger charge is 2.10. The first-order valence-corrected chi connectivity index (χ1v) is 7.02. The summed E-state index contributed by atoms with van der Waals surface area (Å²) in [6.07, 6.45) is 2.20. The van der Waals surface area contributed by atoms with E-state index in [1.165, 1.54) is 6.33 Å². The minimum atomic E-state index is 0.495. The molecule has 0 fully saturated rings. The minimum absolute atomic E-state index is 0.495. The lowest BCUT2D eigenvalue weighted by atomic mass is 10.2. The summed E-state index contributed by atoms with van der Waals surface area (Å²) in [6.45, 7) is 3.97. The molecular formula is C13H14BrClN4. The molecule has 0 radical (unpaired) electrons. The molecule has 0 saturated heterocycles. The molecule has 6 heteroatoms. The fraction of sp³-hybridized carbons (Fsp3) is 0.231. The standard InChI is InChI=1S/C13H14BrClN4/c1-3-8-12(16)17-6-18-13(8)19-11-5-10(15)7(2)4-9(11)14/h4-6H,3H2,1-2H3,(H3,16,17,18,19). The monoisotopic (exact) mass is 340 g/mol. The second-order valence-electron chi connectivity index (χ2n) is 4.15. The van der Waals surface area contributed by atoms with Crippen LogP contribution in [0.2, 0.25) is 5.02 Å². The van der Waals surface area contributed by atoms with Crippen LogP contribution in [-0.4, -0.2) is 9.97 Å². The van der Waals surface area contributed by atoms with Crippen LogP contribution in [-0.2, 0) is 6.42 Å². The van der Waals surface area contributed by atoms with Crippen molar-refractivity contribution in [3.05, 3.63) is 39.1 Å². The third-order valence-corrected chi connectivity index (χ3v) is 3.90.